The van der Waals surface area contributed by atoms with Crippen LogP contribution in [0.2, 0.25) is 0 Å². The maximum atomic E-state index is 13.8. The first-order valence-corrected chi connectivity index (χ1v) is 6.55. The van der Waals surface area contributed by atoms with E-state index in [0.717, 1.165) is 0 Å². The minimum atomic E-state index is -0.438. The molecule has 0 fully saturated rings. The number of hydrogen-bond donors (Lipinski definition) is 2. The summed E-state index contributed by atoms with van der Waals surface area (Å²) in [7, 11) is 0. The van der Waals surface area contributed by atoms with Gasteiger partial charge in [0.2, 0.25) is 5.91 Å². The Hall–Kier alpha value is -2.43. The molecule has 2 aromatic rings. The highest BCUT2D eigenvalue weighted by atomic mass is 19.1. The van der Waals surface area contributed by atoms with Crippen LogP contribution in [-0.2, 0) is 4.79 Å². The van der Waals surface area contributed by atoms with Gasteiger partial charge in [-0.1, -0.05) is 12.1 Å². The molecular formula is C16H16F2N2O. The summed E-state index contributed by atoms with van der Waals surface area (Å²) in [6.07, 6.45) is 0. The molecule has 1 unspecified atom stereocenters. The summed E-state index contributed by atoms with van der Waals surface area (Å²) in [5.74, 6) is -1.01. The van der Waals surface area contributed by atoms with Crippen molar-refractivity contribution in [1.29, 1.82) is 0 Å². The lowest BCUT2D eigenvalue weighted by atomic mass is 10.1. The zero-order valence-electron chi connectivity index (χ0n) is 11.8. The second-order valence-corrected chi connectivity index (χ2v) is 4.80. The van der Waals surface area contributed by atoms with Gasteiger partial charge in [0.15, 0.2) is 0 Å². The first-order chi connectivity index (χ1) is 9.95. The number of nitrogens with one attached hydrogen (secondary N) is 2. The van der Waals surface area contributed by atoms with Crippen molar-refractivity contribution in [2.45, 2.75) is 19.9 Å². The maximum Gasteiger partial charge on any atom is 0.221 e. The number of amides is 1. The molecule has 2 rings (SSSR count). The van der Waals surface area contributed by atoms with Crippen molar-refractivity contribution in [2.24, 2.45) is 0 Å². The molecule has 2 aromatic carbocycles. The Labute approximate surface area is 122 Å². The van der Waals surface area contributed by atoms with Crippen LogP contribution in [0.4, 0.5) is 20.2 Å². The van der Waals surface area contributed by atoms with E-state index in [-0.39, 0.29) is 23.5 Å². The summed E-state index contributed by atoms with van der Waals surface area (Å²) in [6.45, 7) is 3.19. The van der Waals surface area contributed by atoms with Gasteiger partial charge in [-0.15, -0.1) is 0 Å². The smallest absolute Gasteiger partial charge is 0.221 e. The van der Waals surface area contributed by atoms with Crippen LogP contribution >= 0.6 is 0 Å². The Morgan fingerprint density at radius 3 is 2.57 bits per heavy atom. The largest absolute Gasteiger partial charge is 0.376 e. The van der Waals surface area contributed by atoms with Crippen LogP contribution in [0.3, 0.4) is 0 Å². The summed E-state index contributed by atoms with van der Waals surface area (Å²) in [5.41, 5.74) is 1.45. The molecule has 21 heavy (non-hydrogen) atoms. The van der Waals surface area contributed by atoms with Crippen molar-refractivity contribution >= 4 is 17.3 Å². The fourth-order valence-corrected chi connectivity index (χ4v) is 2.01. The lowest BCUT2D eigenvalue weighted by Crippen LogP contribution is -2.10. The number of carbonyl (C=O) groups excluding carboxylic acids is 1. The third-order valence-corrected chi connectivity index (χ3v) is 3.01. The van der Waals surface area contributed by atoms with Crippen molar-refractivity contribution in [2.75, 3.05) is 10.6 Å². The van der Waals surface area contributed by atoms with Gasteiger partial charge in [0, 0.05) is 18.7 Å². The molecule has 1 amide bonds. The second kappa shape index (κ2) is 6.35. The molecule has 0 bridgehead atoms. The number of hydrogen-bond acceptors (Lipinski definition) is 2. The van der Waals surface area contributed by atoms with Crippen LogP contribution in [0.25, 0.3) is 0 Å². The fourth-order valence-electron chi connectivity index (χ4n) is 2.01. The van der Waals surface area contributed by atoms with Gasteiger partial charge in [-0.05, 0) is 42.8 Å². The minimum absolute atomic E-state index is 0.231. The Kier molecular flexibility index (Phi) is 4.52. The third kappa shape index (κ3) is 4.02. The topological polar surface area (TPSA) is 41.1 Å². The van der Waals surface area contributed by atoms with Crippen LogP contribution in [0.5, 0.6) is 0 Å². The summed E-state index contributed by atoms with van der Waals surface area (Å²) >= 11 is 0. The normalized spacial score (nSPS) is 11.8. The van der Waals surface area contributed by atoms with E-state index in [4.69, 9.17) is 0 Å². The van der Waals surface area contributed by atoms with Crippen LogP contribution in [-0.4, -0.2) is 5.91 Å². The number of rotatable bonds is 4. The molecule has 3 nitrogen and oxygen atoms in total. The molecule has 0 aliphatic rings. The van der Waals surface area contributed by atoms with Crippen molar-refractivity contribution < 1.29 is 13.6 Å². The molecule has 0 saturated carbocycles. The lowest BCUT2D eigenvalue weighted by molar-refractivity contribution is -0.114. The van der Waals surface area contributed by atoms with E-state index < -0.39 is 5.82 Å². The van der Waals surface area contributed by atoms with Crippen LogP contribution < -0.4 is 10.6 Å². The monoisotopic (exact) mass is 290 g/mol. The van der Waals surface area contributed by atoms with E-state index in [1.165, 1.54) is 37.3 Å². The third-order valence-electron chi connectivity index (χ3n) is 3.01. The number of carbonyl (C=O) groups is 1. The van der Waals surface area contributed by atoms with Crippen molar-refractivity contribution in [1.82, 2.24) is 0 Å². The van der Waals surface area contributed by atoms with Gasteiger partial charge < -0.3 is 10.6 Å². The molecule has 0 aliphatic heterocycles. The lowest BCUT2D eigenvalue weighted by Gasteiger charge is -2.17. The highest BCUT2D eigenvalue weighted by Crippen LogP contribution is 2.25. The highest BCUT2D eigenvalue weighted by Gasteiger charge is 2.10. The van der Waals surface area contributed by atoms with Crippen LogP contribution in [0, 0.1) is 11.6 Å². The number of halogens is 2. The average molecular weight is 290 g/mol. The van der Waals surface area contributed by atoms with Gasteiger partial charge in [0.05, 0.1) is 5.69 Å². The molecular weight excluding hydrogens is 274 g/mol. The SMILES string of the molecule is CC(=O)Nc1ccc(F)c(NC(C)c2cccc(F)c2)c1. The van der Waals surface area contributed by atoms with Gasteiger partial charge in [-0.3, -0.25) is 4.79 Å². The number of benzene rings is 2. The molecule has 1 atom stereocenters. The maximum absolute atomic E-state index is 13.8. The predicted octanol–water partition coefficient (Wildman–Crippen LogP) is 4.10. The van der Waals surface area contributed by atoms with Crippen LogP contribution in [0.15, 0.2) is 42.5 Å². The molecule has 0 heterocycles. The average Bonchev–Trinajstić information content (AvgIpc) is 2.42. The standard InChI is InChI=1S/C16H16F2N2O/c1-10(12-4-3-5-13(17)8-12)19-16-9-14(20-11(2)21)6-7-15(16)18/h3-10,19H,1-2H3,(H,20,21). The van der Waals surface area contributed by atoms with E-state index in [1.54, 1.807) is 19.1 Å². The van der Waals surface area contributed by atoms with Gasteiger partial charge in [0.25, 0.3) is 0 Å². The molecule has 110 valence electrons. The summed E-state index contributed by atoms with van der Waals surface area (Å²) in [5, 5.41) is 5.56. The summed E-state index contributed by atoms with van der Waals surface area (Å²) in [6, 6.07) is 10.1. The Balaban J connectivity index is 2.20. The fraction of sp³-hybridized carbons (Fsp3) is 0.188. The quantitative estimate of drug-likeness (QED) is 0.890. The first-order valence-electron chi connectivity index (χ1n) is 6.55. The Morgan fingerprint density at radius 1 is 1.14 bits per heavy atom. The van der Waals surface area contributed by atoms with Crippen molar-refractivity contribution in [3.05, 3.63) is 59.7 Å². The zero-order chi connectivity index (χ0) is 15.4. The van der Waals surface area contributed by atoms with Gasteiger partial charge >= 0.3 is 0 Å². The second-order valence-electron chi connectivity index (χ2n) is 4.80. The molecule has 0 saturated heterocycles. The minimum Gasteiger partial charge on any atom is -0.376 e. The van der Waals surface area contributed by atoms with E-state index in [9.17, 15) is 13.6 Å². The van der Waals surface area contributed by atoms with E-state index in [0.29, 0.717) is 11.3 Å². The zero-order valence-corrected chi connectivity index (χ0v) is 11.8. The molecule has 0 radical (unpaired) electrons. The van der Waals surface area contributed by atoms with E-state index >= 15 is 0 Å². The Morgan fingerprint density at radius 2 is 1.90 bits per heavy atom. The van der Waals surface area contributed by atoms with Crippen molar-refractivity contribution in [3.8, 4) is 0 Å². The molecule has 0 spiro atoms. The molecule has 0 aromatic heterocycles. The van der Waals surface area contributed by atoms with Crippen LogP contribution in [0.1, 0.15) is 25.5 Å². The first kappa shape index (κ1) is 15.0. The van der Waals surface area contributed by atoms with Gasteiger partial charge in [0.1, 0.15) is 11.6 Å². The van der Waals surface area contributed by atoms with Gasteiger partial charge in [-0.25, -0.2) is 8.78 Å². The molecule has 0 aliphatic carbocycles. The van der Waals surface area contributed by atoms with Gasteiger partial charge in [-0.2, -0.15) is 0 Å². The van der Waals surface area contributed by atoms with E-state index in [1.807, 2.05) is 0 Å². The summed E-state index contributed by atoms with van der Waals surface area (Å²) in [4.78, 5) is 11.0. The molecule has 2 N–H and O–H groups in total. The van der Waals surface area contributed by atoms with Crippen molar-refractivity contribution in [3.63, 3.8) is 0 Å². The summed E-state index contributed by atoms with van der Waals surface area (Å²) < 4.78 is 27.0. The highest BCUT2D eigenvalue weighted by molar-refractivity contribution is 5.89. The van der Waals surface area contributed by atoms with E-state index in [2.05, 4.69) is 10.6 Å². The molecule has 5 heteroatoms. The Bertz CT molecular complexity index is 658. The predicted molar refractivity (Wildman–Crippen MR) is 79.1 cm³/mol. The number of anilines is 2.